The van der Waals surface area contributed by atoms with Crippen molar-refractivity contribution in [2.24, 2.45) is 10.7 Å². The van der Waals surface area contributed by atoms with Crippen LogP contribution in [0.25, 0.3) is 0 Å². The van der Waals surface area contributed by atoms with Gasteiger partial charge in [0, 0.05) is 35.4 Å². The molecule has 0 amide bonds. The number of aliphatic imine (C=N–C) groups is 1. The van der Waals surface area contributed by atoms with Crippen molar-refractivity contribution in [2.75, 3.05) is 20.1 Å². The molecule has 5 rings (SSSR count). The summed E-state index contributed by atoms with van der Waals surface area (Å²) in [4.78, 5) is 22.7. The van der Waals surface area contributed by atoms with E-state index in [1.165, 1.54) is 30.0 Å². The number of nitrogens with zero attached hydrogens (tertiary/aromatic N) is 3. The molecule has 13 heteroatoms. The first-order chi connectivity index (χ1) is 21.1. The molecule has 5 N–H and O–H groups in total. The zero-order valence-corrected chi connectivity index (χ0v) is 24.2. The van der Waals surface area contributed by atoms with Crippen molar-refractivity contribution in [2.45, 2.75) is 22.6 Å². The Morgan fingerprint density at radius 3 is 2.50 bits per heavy atom. The van der Waals surface area contributed by atoms with Crippen LogP contribution in [0.4, 0.5) is 8.78 Å². The number of nitrogens with one attached hydrogen (secondary N) is 1. The van der Waals surface area contributed by atoms with E-state index in [1.807, 2.05) is 42.3 Å². The van der Waals surface area contributed by atoms with Crippen molar-refractivity contribution in [1.29, 1.82) is 5.41 Å². The smallest absolute Gasteiger partial charge is 0.303 e. The van der Waals surface area contributed by atoms with Crippen LogP contribution < -0.4 is 15.2 Å². The molecule has 3 aromatic carbocycles. The second-order valence-electron chi connectivity index (χ2n) is 9.78. The Morgan fingerprint density at radius 1 is 1.07 bits per heavy atom. The van der Waals surface area contributed by atoms with E-state index in [9.17, 15) is 14.3 Å². The number of pyridine rings is 1. The molecular weight excluding hydrogens is 592 g/mol. The highest BCUT2D eigenvalue weighted by Gasteiger charge is 2.25. The molecule has 0 saturated carbocycles. The number of halogens is 2. The average Bonchev–Trinajstić information content (AvgIpc) is 3.43. The number of aromatic nitrogens is 1. The number of carbonyl (C=O) groups is 1. The molecule has 10 nitrogen and oxygen atoms in total. The first-order valence-corrected chi connectivity index (χ1v) is 14.2. The molecule has 0 saturated heterocycles. The van der Waals surface area contributed by atoms with Gasteiger partial charge in [0.05, 0.1) is 18.3 Å². The second kappa shape index (κ2) is 13.0. The van der Waals surface area contributed by atoms with Gasteiger partial charge in [0.15, 0.2) is 17.3 Å². The maximum Gasteiger partial charge on any atom is 0.303 e. The molecule has 0 unspecified atom stereocenters. The number of carboxylic acids is 1. The number of rotatable bonds is 11. The molecule has 1 aromatic heterocycles. The van der Waals surface area contributed by atoms with Gasteiger partial charge in [-0.3, -0.25) is 15.2 Å². The highest BCUT2D eigenvalue weighted by Crippen LogP contribution is 2.39. The Kier molecular flexibility index (Phi) is 8.95. The third-order valence-corrected chi connectivity index (χ3v) is 7.62. The maximum absolute atomic E-state index is 15.6. The molecule has 1 aliphatic rings. The number of nitrogen functional groups attached to an aromatic ring is 1. The minimum absolute atomic E-state index is 0.0503. The number of aromatic hydroxyl groups is 1. The molecular formula is C31H27F2N5O5S. The maximum atomic E-state index is 15.6. The molecule has 4 aromatic rings. The quantitative estimate of drug-likeness (QED) is 0.121. The molecule has 1 aliphatic heterocycles. The molecule has 0 atom stereocenters. The lowest BCUT2D eigenvalue weighted by molar-refractivity contribution is -0.136. The van der Waals surface area contributed by atoms with Gasteiger partial charge in [-0.05, 0) is 60.5 Å². The number of phenolic OH excluding ortho intramolecular Hbond substituents is 1. The summed E-state index contributed by atoms with van der Waals surface area (Å²) < 4.78 is 41.8. The summed E-state index contributed by atoms with van der Waals surface area (Å²) in [6.07, 6.45) is 1.22. The molecule has 44 heavy (non-hydrogen) atoms. The monoisotopic (exact) mass is 619 g/mol. The van der Waals surface area contributed by atoms with Crippen LogP contribution in [0, 0.1) is 17.0 Å². The molecule has 0 aliphatic carbocycles. The number of phenols is 1. The summed E-state index contributed by atoms with van der Waals surface area (Å²) in [6.45, 7) is 1.20. The number of hydrogen-bond donors (Lipinski definition) is 4. The van der Waals surface area contributed by atoms with E-state index in [0.29, 0.717) is 30.9 Å². The SMILES string of the molecule is CN1CCN=C1c1cc(Sc2ccc(CCC(=O)O)cc2)ccc1Oc1c(F)cnc(Oc2cc(C(=N)N)ccc2O)c1F. The van der Waals surface area contributed by atoms with Crippen molar-refractivity contribution < 1.29 is 33.3 Å². The number of ether oxygens (including phenoxy) is 2. The zero-order valence-electron chi connectivity index (χ0n) is 23.4. The van der Waals surface area contributed by atoms with Gasteiger partial charge < -0.3 is 30.3 Å². The number of carboxylic acid groups (broad SMARTS) is 1. The average molecular weight is 620 g/mol. The van der Waals surface area contributed by atoms with Crippen LogP contribution in [0.2, 0.25) is 0 Å². The minimum Gasteiger partial charge on any atom is -0.504 e. The predicted molar refractivity (Wildman–Crippen MR) is 160 cm³/mol. The van der Waals surface area contributed by atoms with E-state index in [2.05, 4.69) is 9.98 Å². The van der Waals surface area contributed by atoms with Crippen molar-refractivity contribution in [3.63, 3.8) is 0 Å². The Hall–Kier alpha value is -5.17. The van der Waals surface area contributed by atoms with Crippen molar-refractivity contribution in [3.05, 3.63) is 95.2 Å². The third kappa shape index (κ3) is 6.89. The standard InChI is InChI=1S/C31H27F2N5O5S/c1-38-13-12-36-30(38)21-15-20(44-19-6-2-17(3-7-19)4-11-26(40)41)8-10-24(21)42-28-22(32)16-37-31(27(28)33)43-25-14-18(29(34)35)5-9-23(25)39/h2-3,5-10,14-16,39H,4,11-13H2,1H3,(H3,34,35)(H,40,41). The largest absolute Gasteiger partial charge is 0.504 e. The van der Waals surface area contributed by atoms with E-state index < -0.39 is 29.2 Å². The van der Waals surface area contributed by atoms with Gasteiger partial charge in [-0.25, -0.2) is 9.37 Å². The van der Waals surface area contributed by atoms with E-state index in [-0.39, 0.29) is 35.1 Å². The molecule has 0 fully saturated rings. The van der Waals surface area contributed by atoms with E-state index in [0.717, 1.165) is 21.6 Å². The summed E-state index contributed by atoms with van der Waals surface area (Å²) in [7, 11) is 1.85. The number of likely N-dealkylation sites (N-methyl/N-ethyl adjacent to an activating group) is 1. The summed E-state index contributed by atoms with van der Waals surface area (Å²) >= 11 is 1.45. The fourth-order valence-electron chi connectivity index (χ4n) is 4.35. The van der Waals surface area contributed by atoms with Crippen LogP contribution in [0.3, 0.4) is 0 Å². The highest BCUT2D eigenvalue weighted by atomic mass is 32.2. The third-order valence-electron chi connectivity index (χ3n) is 6.63. The van der Waals surface area contributed by atoms with Crippen LogP contribution in [-0.4, -0.2) is 57.9 Å². The van der Waals surface area contributed by atoms with Gasteiger partial charge in [0.2, 0.25) is 11.6 Å². The number of aliphatic carboxylic acids is 1. The van der Waals surface area contributed by atoms with Gasteiger partial charge in [-0.15, -0.1) is 0 Å². The summed E-state index contributed by atoms with van der Waals surface area (Å²) in [5.74, 6) is -4.77. The number of hydrogen-bond acceptors (Lipinski definition) is 9. The van der Waals surface area contributed by atoms with Crippen LogP contribution in [0.5, 0.6) is 28.9 Å². The lowest BCUT2D eigenvalue weighted by atomic mass is 10.1. The molecule has 0 spiro atoms. The van der Waals surface area contributed by atoms with Crippen molar-refractivity contribution >= 4 is 29.4 Å². The highest BCUT2D eigenvalue weighted by molar-refractivity contribution is 7.99. The summed E-state index contributed by atoms with van der Waals surface area (Å²) in [6, 6.07) is 16.6. The lowest BCUT2D eigenvalue weighted by Gasteiger charge is -2.19. The van der Waals surface area contributed by atoms with Crippen LogP contribution >= 0.6 is 11.8 Å². The normalized spacial score (nSPS) is 12.6. The number of aryl methyl sites for hydroxylation is 1. The zero-order chi connectivity index (χ0) is 31.4. The topological polar surface area (TPSA) is 154 Å². The predicted octanol–water partition coefficient (Wildman–Crippen LogP) is 5.79. The van der Waals surface area contributed by atoms with Crippen molar-refractivity contribution in [3.8, 4) is 28.9 Å². The second-order valence-corrected chi connectivity index (χ2v) is 10.9. The first kappa shape index (κ1) is 30.3. The molecule has 2 heterocycles. The molecule has 0 radical (unpaired) electrons. The Labute approximate surface area is 255 Å². The van der Waals surface area contributed by atoms with Crippen molar-refractivity contribution in [1.82, 2.24) is 9.88 Å². The number of benzene rings is 3. The first-order valence-electron chi connectivity index (χ1n) is 13.3. The van der Waals surface area contributed by atoms with Gasteiger partial charge in [0.25, 0.3) is 5.88 Å². The van der Waals surface area contributed by atoms with Crippen LogP contribution in [-0.2, 0) is 11.2 Å². The fourth-order valence-corrected chi connectivity index (χ4v) is 5.20. The van der Waals surface area contributed by atoms with E-state index in [1.54, 1.807) is 12.1 Å². The Bertz CT molecular complexity index is 1770. The van der Waals surface area contributed by atoms with Gasteiger partial charge in [0.1, 0.15) is 17.4 Å². The number of nitrogens with two attached hydrogens (primary N) is 1. The lowest BCUT2D eigenvalue weighted by Crippen LogP contribution is -2.24. The van der Waals surface area contributed by atoms with Gasteiger partial charge in [-0.1, -0.05) is 23.9 Å². The number of amidine groups is 2. The van der Waals surface area contributed by atoms with E-state index >= 15 is 4.39 Å². The summed E-state index contributed by atoms with van der Waals surface area (Å²) in [5, 5.41) is 26.7. The Morgan fingerprint density at radius 2 is 1.82 bits per heavy atom. The molecule has 226 valence electrons. The van der Waals surface area contributed by atoms with Crippen LogP contribution in [0.1, 0.15) is 23.1 Å². The minimum atomic E-state index is -1.24. The fraction of sp³-hybridized carbons (Fsp3) is 0.161. The summed E-state index contributed by atoms with van der Waals surface area (Å²) in [5.41, 5.74) is 7.14. The Balaban J connectivity index is 1.44. The van der Waals surface area contributed by atoms with Gasteiger partial charge >= 0.3 is 5.97 Å². The molecule has 0 bridgehead atoms. The van der Waals surface area contributed by atoms with Crippen LogP contribution in [0.15, 0.2) is 81.6 Å². The van der Waals surface area contributed by atoms with Gasteiger partial charge in [-0.2, -0.15) is 4.39 Å². The van der Waals surface area contributed by atoms with E-state index in [4.69, 9.17) is 25.7 Å².